The van der Waals surface area contributed by atoms with E-state index in [1.807, 2.05) is 11.8 Å². The Labute approximate surface area is 97.5 Å². The Morgan fingerprint density at radius 2 is 2.07 bits per heavy atom. The normalized spacial score (nSPS) is 29.3. The third-order valence-corrected chi connectivity index (χ3v) is 5.34. The summed E-state index contributed by atoms with van der Waals surface area (Å²) in [5.74, 6) is 1.49. The van der Waals surface area contributed by atoms with Crippen LogP contribution in [0, 0.1) is 0 Å². The number of sulfone groups is 1. The van der Waals surface area contributed by atoms with E-state index in [4.69, 9.17) is 0 Å². The third kappa shape index (κ3) is 4.74. The van der Waals surface area contributed by atoms with Crippen LogP contribution in [0.2, 0.25) is 0 Å². The maximum absolute atomic E-state index is 11.0. The molecular formula is C10H21NO2S2. The van der Waals surface area contributed by atoms with E-state index in [-0.39, 0.29) is 0 Å². The summed E-state index contributed by atoms with van der Waals surface area (Å²) < 4.78 is 22.0. The maximum Gasteiger partial charge on any atom is 0.147 e. The molecule has 2 atom stereocenters. The highest BCUT2D eigenvalue weighted by atomic mass is 32.2. The molecule has 1 aliphatic heterocycles. The van der Waals surface area contributed by atoms with E-state index in [1.165, 1.54) is 12.0 Å². The Bertz CT molecular complexity index is 290. The van der Waals surface area contributed by atoms with Gasteiger partial charge in [0.05, 0.1) is 5.75 Å². The van der Waals surface area contributed by atoms with Crippen molar-refractivity contribution in [3.05, 3.63) is 0 Å². The van der Waals surface area contributed by atoms with Crippen LogP contribution in [0.25, 0.3) is 0 Å². The smallest absolute Gasteiger partial charge is 0.147 e. The number of thioether (sulfide) groups is 1. The molecule has 0 aliphatic carbocycles. The van der Waals surface area contributed by atoms with Crippen molar-refractivity contribution in [2.75, 3.05) is 30.9 Å². The predicted octanol–water partition coefficient (Wildman–Crippen LogP) is 1.25. The van der Waals surface area contributed by atoms with Crippen molar-refractivity contribution in [2.24, 2.45) is 0 Å². The van der Waals surface area contributed by atoms with Crippen molar-refractivity contribution in [3.63, 3.8) is 0 Å². The molecule has 0 amide bonds. The minimum atomic E-state index is -2.79. The van der Waals surface area contributed by atoms with Crippen molar-refractivity contribution >= 4 is 21.6 Å². The van der Waals surface area contributed by atoms with Crippen LogP contribution in [0.15, 0.2) is 0 Å². The first-order valence-electron chi connectivity index (χ1n) is 5.43. The van der Waals surface area contributed by atoms with Gasteiger partial charge in [-0.1, -0.05) is 6.92 Å². The van der Waals surface area contributed by atoms with E-state index >= 15 is 0 Å². The standard InChI is InChI=1S/C10H21NO2S2/c1-9-10(2)14-7-6-11(9)5-4-8-15(3,12)13/h9-10H,4-8H2,1-3H3. The topological polar surface area (TPSA) is 37.4 Å². The molecule has 1 fully saturated rings. The van der Waals surface area contributed by atoms with Crippen LogP contribution in [-0.4, -0.2) is 55.5 Å². The van der Waals surface area contributed by atoms with Gasteiger partial charge < -0.3 is 0 Å². The van der Waals surface area contributed by atoms with Crippen LogP contribution in [0.5, 0.6) is 0 Å². The summed E-state index contributed by atoms with van der Waals surface area (Å²) in [6.07, 6.45) is 2.08. The van der Waals surface area contributed by atoms with E-state index in [1.54, 1.807) is 0 Å². The molecule has 1 saturated heterocycles. The molecule has 1 rings (SSSR count). The first kappa shape index (κ1) is 13.3. The van der Waals surface area contributed by atoms with Crippen LogP contribution in [0.3, 0.4) is 0 Å². The van der Waals surface area contributed by atoms with Gasteiger partial charge in [-0.3, -0.25) is 4.90 Å². The fourth-order valence-electron chi connectivity index (χ4n) is 1.84. The van der Waals surface area contributed by atoms with E-state index in [9.17, 15) is 8.42 Å². The van der Waals surface area contributed by atoms with Crippen molar-refractivity contribution in [3.8, 4) is 0 Å². The van der Waals surface area contributed by atoms with Gasteiger partial charge in [0.1, 0.15) is 9.84 Å². The van der Waals surface area contributed by atoms with Gasteiger partial charge in [-0.05, 0) is 19.9 Å². The number of hydrogen-bond donors (Lipinski definition) is 0. The van der Waals surface area contributed by atoms with Gasteiger partial charge in [0.2, 0.25) is 0 Å². The van der Waals surface area contributed by atoms with Crippen molar-refractivity contribution < 1.29 is 8.42 Å². The molecule has 90 valence electrons. The molecule has 0 saturated carbocycles. The molecule has 1 aliphatic rings. The van der Waals surface area contributed by atoms with Crippen LogP contribution < -0.4 is 0 Å². The zero-order chi connectivity index (χ0) is 11.5. The summed E-state index contributed by atoms with van der Waals surface area (Å²) in [5.41, 5.74) is 0. The minimum Gasteiger partial charge on any atom is -0.299 e. The molecule has 0 bridgehead atoms. The highest BCUT2D eigenvalue weighted by Crippen LogP contribution is 2.24. The number of rotatable bonds is 4. The highest BCUT2D eigenvalue weighted by molar-refractivity contribution is 8.00. The molecule has 0 aromatic carbocycles. The molecule has 3 nitrogen and oxygen atoms in total. The largest absolute Gasteiger partial charge is 0.299 e. The summed E-state index contributed by atoms with van der Waals surface area (Å²) >= 11 is 2.01. The molecular weight excluding hydrogens is 230 g/mol. The average Bonchev–Trinajstić information content (AvgIpc) is 2.10. The van der Waals surface area contributed by atoms with Gasteiger partial charge in [-0.2, -0.15) is 11.8 Å². The fourth-order valence-corrected chi connectivity index (χ4v) is 3.66. The van der Waals surface area contributed by atoms with Crippen LogP contribution in [-0.2, 0) is 9.84 Å². The zero-order valence-corrected chi connectivity index (χ0v) is 11.4. The summed E-state index contributed by atoms with van der Waals surface area (Å²) in [6, 6.07) is 0.573. The first-order chi connectivity index (χ1) is 6.90. The number of hydrogen-bond acceptors (Lipinski definition) is 4. The Kier molecular flexibility index (Phi) is 4.93. The molecule has 0 aromatic heterocycles. The lowest BCUT2D eigenvalue weighted by atomic mass is 10.2. The maximum atomic E-state index is 11.0. The summed E-state index contributed by atoms with van der Waals surface area (Å²) in [6.45, 7) is 6.49. The molecule has 1 heterocycles. The van der Waals surface area contributed by atoms with Gasteiger partial charge >= 0.3 is 0 Å². The van der Waals surface area contributed by atoms with E-state index in [0.717, 1.165) is 19.5 Å². The molecule has 2 unspecified atom stereocenters. The van der Waals surface area contributed by atoms with Gasteiger partial charge in [-0.25, -0.2) is 8.42 Å². The quantitative estimate of drug-likeness (QED) is 0.753. The second-order valence-corrected chi connectivity index (χ2v) is 8.08. The van der Waals surface area contributed by atoms with Gasteiger partial charge in [-0.15, -0.1) is 0 Å². The molecule has 0 aromatic rings. The lowest BCUT2D eigenvalue weighted by molar-refractivity contribution is 0.214. The SMILES string of the molecule is CC1SCCN(CCCS(C)(=O)=O)C1C. The van der Waals surface area contributed by atoms with Gasteiger partial charge in [0.25, 0.3) is 0 Å². The van der Waals surface area contributed by atoms with Crippen LogP contribution in [0.4, 0.5) is 0 Å². The Morgan fingerprint density at radius 3 is 2.67 bits per heavy atom. The first-order valence-corrected chi connectivity index (χ1v) is 8.54. The summed E-state index contributed by atoms with van der Waals surface area (Å²) in [5, 5.41) is 0.664. The fraction of sp³-hybridized carbons (Fsp3) is 1.00. The van der Waals surface area contributed by atoms with Crippen LogP contribution >= 0.6 is 11.8 Å². The Balaban J connectivity index is 2.32. The van der Waals surface area contributed by atoms with Crippen molar-refractivity contribution in [2.45, 2.75) is 31.6 Å². The minimum absolute atomic E-state index is 0.317. The third-order valence-electron chi connectivity index (χ3n) is 2.98. The average molecular weight is 251 g/mol. The summed E-state index contributed by atoms with van der Waals surface area (Å²) in [7, 11) is -2.79. The predicted molar refractivity (Wildman–Crippen MR) is 67.3 cm³/mol. The highest BCUT2D eigenvalue weighted by Gasteiger charge is 2.24. The van der Waals surface area contributed by atoms with E-state index in [2.05, 4.69) is 18.7 Å². The van der Waals surface area contributed by atoms with E-state index < -0.39 is 9.84 Å². The van der Waals surface area contributed by atoms with Crippen molar-refractivity contribution in [1.29, 1.82) is 0 Å². The second kappa shape index (κ2) is 5.55. The van der Waals surface area contributed by atoms with Gasteiger partial charge in [0, 0.05) is 29.8 Å². The monoisotopic (exact) mass is 251 g/mol. The molecule has 0 N–H and O–H groups in total. The lowest BCUT2D eigenvalue weighted by Crippen LogP contribution is -2.45. The Morgan fingerprint density at radius 1 is 1.40 bits per heavy atom. The Hall–Kier alpha value is 0.260. The number of nitrogens with zero attached hydrogens (tertiary/aromatic N) is 1. The lowest BCUT2D eigenvalue weighted by Gasteiger charge is -2.37. The zero-order valence-electron chi connectivity index (χ0n) is 9.77. The van der Waals surface area contributed by atoms with E-state index in [0.29, 0.717) is 17.0 Å². The van der Waals surface area contributed by atoms with Crippen molar-refractivity contribution in [1.82, 2.24) is 4.90 Å². The van der Waals surface area contributed by atoms with Gasteiger partial charge in [0.15, 0.2) is 0 Å². The second-order valence-electron chi connectivity index (χ2n) is 4.34. The summed E-state index contributed by atoms with van der Waals surface area (Å²) in [4.78, 5) is 2.41. The van der Waals surface area contributed by atoms with Crippen LogP contribution in [0.1, 0.15) is 20.3 Å². The molecule has 15 heavy (non-hydrogen) atoms. The molecule has 5 heteroatoms. The molecule has 0 radical (unpaired) electrons. The molecule has 0 spiro atoms.